The number of carbonyl (C=O) groups excluding carboxylic acids is 1. The van der Waals surface area contributed by atoms with Crippen LogP contribution in [0.3, 0.4) is 0 Å². The Bertz CT molecular complexity index is 1070. The molecule has 7 nitrogen and oxygen atoms in total. The third-order valence-corrected chi connectivity index (χ3v) is 5.79. The van der Waals surface area contributed by atoms with Crippen molar-refractivity contribution in [2.75, 3.05) is 11.3 Å². The van der Waals surface area contributed by atoms with E-state index in [9.17, 15) is 13.2 Å². The summed E-state index contributed by atoms with van der Waals surface area (Å²) in [5, 5.41) is 7.26. The van der Waals surface area contributed by atoms with Gasteiger partial charge in [-0.05, 0) is 62.7 Å². The van der Waals surface area contributed by atoms with Crippen LogP contribution in [-0.2, 0) is 16.6 Å². The van der Waals surface area contributed by atoms with Crippen LogP contribution in [0.25, 0.3) is 0 Å². The summed E-state index contributed by atoms with van der Waals surface area (Å²) in [7, 11) is -3.65. The summed E-state index contributed by atoms with van der Waals surface area (Å²) in [5.74, 6) is -0.198. The third-order valence-electron chi connectivity index (χ3n) is 4.39. The molecule has 0 atom stereocenters. The highest BCUT2D eigenvalue weighted by molar-refractivity contribution is 7.92. The molecule has 2 N–H and O–H groups in total. The van der Waals surface area contributed by atoms with Crippen LogP contribution in [-0.4, -0.2) is 30.7 Å². The highest BCUT2D eigenvalue weighted by Gasteiger charge is 2.13. The Labute approximate surface area is 170 Å². The lowest BCUT2D eigenvalue weighted by atomic mass is 10.2. The van der Waals surface area contributed by atoms with E-state index in [1.54, 1.807) is 42.5 Å². The first-order valence-electron chi connectivity index (χ1n) is 9.32. The lowest BCUT2D eigenvalue weighted by Crippen LogP contribution is -2.25. The minimum Gasteiger partial charge on any atom is -0.352 e. The van der Waals surface area contributed by atoms with Crippen molar-refractivity contribution in [1.29, 1.82) is 0 Å². The van der Waals surface area contributed by atoms with Gasteiger partial charge in [0.05, 0.1) is 10.6 Å². The van der Waals surface area contributed by atoms with Gasteiger partial charge in [0.15, 0.2) is 0 Å². The van der Waals surface area contributed by atoms with E-state index in [-0.39, 0.29) is 10.8 Å². The van der Waals surface area contributed by atoms with Gasteiger partial charge in [-0.1, -0.05) is 18.2 Å². The highest BCUT2D eigenvalue weighted by atomic mass is 32.2. The Kier molecular flexibility index (Phi) is 6.33. The molecule has 0 aliphatic heterocycles. The van der Waals surface area contributed by atoms with E-state index >= 15 is 0 Å². The zero-order valence-corrected chi connectivity index (χ0v) is 17.2. The minimum atomic E-state index is -3.65. The fourth-order valence-electron chi connectivity index (χ4n) is 2.94. The number of hydrogen-bond acceptors (Lipinski definition) is 4. The zero-order chi connectivity index (χ0) is 20.9. The molecule has 0 spiro atoms. The Morgan fingerprint density at radius 1 is 1.03 bits per heavy atom. The number of anilines is 1. The average Bonchev–Trinajstić information content (AvgIpc) is 3.03. The molecule has 0 radical (unpaired) electrons. The number of aromatic nitrogens is 2. The van der Waals surface area contributed by atoms with Crippen LogP contribution in [0, 0.1) is 13.8 Å². The molecule has 29 heavy (non-hydrogen) atoms. The van der Waals surface area contributed by atoms with Gasteiger partial charge in [-0.2, -0.15) is 5.10 Å². The fraction of sp³-hybridized carbons (Fsp3) is 0.238. The molecule has 0 unspecified atom stereocenters. The van der Waals surface area contributed by atoms with Crippen molar-refractivity contribution in [1.82, 2.24) is 15.1 Å². The second kappa shape index (κ2) is 8.91. The van der Waals surface area contributed by atoms with E-state index in [2.05, 4.69) is 15.1 Å². The number of aryl methyl sites for hydroxylation is 3. The van der Waals surface area contributed by atoms with Gasteiger partial charge in [-0.3, -0.25) is 14.2 Å². The van der Waals surface area contributed by atoms with Crippen LogP contribution in [0.1, 0.15) is 28.2 Å². The molecular formula is C21H24N4O3S. The van der Waals surface area contributed by atoms with E-state index in [0.29, 0.717) is 17.8 Å². The summed E-state index contributed by atoms with van der Waals surface area (Å²) in [6.07, 6.45) is 0.767. The molecule has 1 aromatic heterocycles. The molecular weight excluding hydrogens is 388 g/mol. The molecule has 0 fully saturated rings. The number of carbonyl (C=O) groups is 1. The average molecular weight is 413 g/mol. The lowest BCUT2D eigenvalue weighted by Gasteiger charge is -2.09. The molecule has 0 aliphatic carbocycles. The van der Waals surface area contributed by atoms with Crippen molar-refractivity contribution in [2.45, 2.75) is 31.7 Å². The van der Waals surface area contributed by atoms with Crippen molar-refractivity contribution < 1.29 is 13.2 Å². The zero-order valence-electron chi connectivity index (χ0n) is 16.4. The van der Waals surface area contributed by atoms with Gasteiger partial charge < -0.3 is 5.32 Å². The van der Waals surface area contributed by atoms with E-state index in [4.69, 9.17) is 0 Å². The molecule has 0 saturated carbocycles. The molecule has 0 aliphatic rings. The molecule has 0 bridgehead atoms. The van der Waals surface area contributed by atoms with E-state index < -0.39 is 10.0 Å². The molecule has 1 amide bonds. The van der Waals surface area contributed by atoms with Crippen LogP contribution in [0.4, 0.5) is 5.69 Å². The predicted octanol–water partition coefficient (Wildman–Crippen LogP) is 3.12. The second-order valence-corrected chi connectivity index (χ2v) is 8.44. The van der Waals surface area contributed by atoms with Gasteiger partial charge in [0.25, 0.3) is 15.9 Å². The summed E-state index contributed by atoms with van der Waals surface area (Å²) < 4.78 is 29.1. The fourth-order valence-corrected chi connectivity index (χ4v) is 4.02. The van der Waals surface area contributed by atoms with Gasteiger partial charge >= 0.3 is 0 Å². The Balaban J connectivity index is 1.51. The first-order chi connectivity index (χ1) is 13.8. The quantitative estimate of drug-likeness (QED) is 0.556. The SMILES string of the molecule is Cc1cc(C)n(CCCNC(=O)c2ccc(NS(=O)(=O)c3ccccc3)cc2)n1. The third kappa shape index (κ3) is 5.45. The van der Waals surface area contributed by atoms with Gasteiger partial charge in [0.1, 0.15) is 0 Å². The summed E-state index contributed by atoms with van der Waals surface area (Å²) in [4.78, 5) is 12.5. The maximum atomic E-state index is 12.3. The van der Waals surface area contributed by atoms with E-state index in [1.165, 1.54) is 12.1 Å². The summed E-state index contributed by atoms with van der Waals surface area (Å²) in [5.41, 5.74) is 2.95. The molecule has 2 aromatic carbocycles. The van der Waals surface area contributed by atoms with Crippen molar-refractivity contribution in [3.05, 3.63) is 77.6 Å². The monoisotopic (exact) mass is 412 g/mol. The van der Waals surface area contributed by atoms with Crippen molar-refractivity contribution in [2.24, 2.45) is 0 Å². The van der Waals surface area contributed by atoms with Gasteiger partial charge in [0, 0.05) is 30.0 Å². The summed E-state index contributed by atoms with van der Waals surface area (Å²) in [6.45, 7) is 5.22. The maximum Gasteiger partial charge on any atom is 0.261 e. The maximum absolute atomic E-state index is 12.3. The van der Waals surface area contributed by atoms with Crippen molar-refractivity contribution >= 4 is 21.6 Å². The molecule has 3 rings (SSSR count). The number of sulfonamides is 1. The van der Waals surface area contributed by atoms with Crippen LogP contribution in [0.2, 0.25) is 0 Å². The normalized spacial score (nSPS) is 11.2. The standard InChI is InChI=1S/C21H24N4O3S/c1-16-15-17(2)25(23-16)14-6-13-22-21(26)18-9-11-19(12-10-18)24-29(27,28)20-7-4-3-5-8-20/h3-5,7-12,15,24H,6,13-14H2,1-2H3,(H,22,26). The van der Waals surface area contributed by atoms with Crippen molar-refractivity contribution in [3.63, 3.8) is 0 Å². The topological polar surface area (TPSA) is 93.1 Å². The van der Waals surface area contributed by atoms with Crippen LogP contribution in [0.5, 0.6) is 0 Å². The first kappa shape index (κ1) is 20.6. The number of nitrogens with zero attached hydrogens (tertiary/aromatic N) is 2. The summed E-state index contributed by atoms with van der Waals surface area (Å²) in [6, 6.07) is 16.5. The van der Waals surface area contributed by atoms with Gasteiger partial charge in [0.2, 0.25) is 0 Å². The van der Waals surface area contributed by atoms with Gasteiger partial charge in [-0.25, -0.2) is 8.42 Å². The smallest absolute Gasteiger partial charge is 0.261 e. The number of hydrogen-bond donors (Lipinski definition) is 2. The van der Waals surface area contributed by atoms with Crippen LogP contribution >= 0.6 is 0 Å². The molecule has 152 valence electrons. The highest BCUT2D eigenvalue weighted by Crippen LogP contribution is 2.16. The molecule has 8 heteroatoms. The second-order valence-electron chi connectivity index (χ2n) is 6.76. The number of benzene rings is 2. The number of amides is 1. The molecule has 1 heterocycles. The molecule has 0 saturated heterocycles. The Morgan fingerprint density at radius 3 is 2.34 bits per heavy atom. The van der Waals surface area contributed by atoms with Gasteiger partial charge in [-0.15, -0.1) is 0 Å². The van der Waals surface area contributed by atoms with E-state index in [1.807, 2.05) is 24.6 Å². The molecule has 3 aromatic rings. The first-order valence-corrected chi connectivity index (χ1v) is 10.8. The lowest BCUT2D eigenvalue weighted by molar-refractivity contribution is 0.0952. The predicted molar refractivity (Wildman–Crippen MR) is 112 cm³/mol. The number of rotatable bonds is 8. The van der Waals surface area contributed by atoms with E-state index in [0.717, 1.165) is 24.4 Å². The van der Waals surface area contributed by atoms with Crippen LogP contribution < -0.4 is 10.0 Å². The Hall–Kier alpha value is -3.13. The number of nitrogens with one attached hydrogen (secondary N) is 2. The van der Waals surface area contributed by atoms with Crippen molar-refractivity contribution in [3.8, 4) is 0 Å². The Morgan fingerprint density at radius 2 is 1.72 bits per heavy atom. The largest absolute Gasteiger partial charge is 0.352 e. The summed E-state index contributed by atoms with van der Waals surface area (Å²) >= 11 is 0. The minimum absolute atomic E-state index is 0.185. The van der Waals surface area contributed by atoms with Crippen LogP contribution in [0.15, 0.2) is 65.6 Å².